The van der Waals surface area contributed by atoms with Gasteiger partial charge in [0.1, 0.15) is 17.5 Å². The first kappa shape index (κ1) is 11.6. The molecule has 0 radical (unpaired) electrons. The highest BCUT2D eigenvalue weighted by molar-refractivity contribution is 5.51. The molecule has 1 aromatic heterocycles. The Morgan fingerprint density at radius 1 is 1.41 bits per heavy atom. The van der Waals surface area contributed by atoms with Gasteiger partial charge in [-0.15, -0.1) is 0 Å². The summed E-state index contributed by atoms with van der Waals surface area (Å²) in [6, 6.07) is 2.13. The molecule has 0 amide bonds. The van der Waals surface area contributed by atoms with Crippen LogP contribution in [-0.4, -0.2) is 9.55 Å². The van der Waals surface area contributed by atoms with Crippen LogP contribution in [-0.2, 0) is 0 Å². The lowest BCUT2D eigenvalue weighted by atomic mass is 9.95. The largest absolute Gasteiger partial charge is 0.384 e. The molecular formula is C12H16N4O. The fraction of sp³-hybridized carbons (Fsp3) is 0.583. The minimum absolute atomic E-state index is 0.108. The van der Waals surface area contributed by atoms with Crippen molar-refractivity contribution >= 4 is 5.82 Å². The topological polar surface area (TPSA) is 84.7 Å². The Balaban J connectivity index is 2.53. The molecule has 0 aromatic carbocycles. The molecule has 0 saturated heterocycles. The highest BCUT2D eigenvalue weighted by Crippen LogP contribution is 2.29. The third kappa shape index (κ3) is 2.03. The standard InChI is InChI=1S/C12H16N4O/c1-8-10(7-13)11(14)16(12(17)15-8)9-5-3-2-4-6-9/h9H,2-6,14H2,1H3. The van der Waals surface area contributed by atoms with E-state index in [4.69, 9.17) is 11.0 Å². The van der Waals surface area contributed by atoms with Crippen LogP contribution in [0.25, 0.3) is 0 Å². The maximum Gasteiger partial charge on any atom is 0.349 e. The lowest BCUT2D eigenvalue weighted by Crippen LogP contribution is -2.32. The number of aryl methyl sites for hydroxylation is 1. The number of nitriles is 1. The number of nitrogens with zero attached hydrogens (tertiary/aromatic N) is 3. The van der Waals surface area contributed by atoms with Gasteiger partial charge in [-0.2, -0.15) is 10.2 Å². The number of nitrogen functional groups attached to an aromatic ring is 1. The highest BCUT2D eigenvalue weighted by Gasteiger charge is 2.21. The van der Waals surface area contributed by atoms with Gasteiger partial charge in [0.2, 0.25) is 0 Å². The first-order valence-electron chi connectivity index (χ1n) is 5.94. The Bertz CT molecular complexity index is 521. The molecule has 0 spiro atoms. The van der Waals surface area contributed by atoms with E-state index in [0.29, 0.717) is 11.3 Å². The summed E-state index contributed by atoms with van der Waals surface area (Å²) in [6.45, 7) is 1.64. The van der Waals surface area contributed by atoms with Crippen molar-refractivity contribution in [1.82, 2.24) is 9.55 Å². The van der Waals surface area contributed by atoms with Gasteiger partial charge in [-0.25, -0.2) is 4.79 Å². The molecule has 0 bridgehead atoms. The zero-order chi connectivity index (χ0) is 12.4. The quantitative estimate of drug-likeness (QED) is 0.795. The van der Waals surface area contributed by atoms with Gasteiger partial charge in [0.25, 0.3) is 0 Å². The van der Waals surface area contributed by atoms with Crippen LogP contribution in [0.15, 0.2) is 4.79 Å². The third-order valence-electron chi connectivity index (χ3n) is 3.40. The van der Waals surface area contributed by atoms with Crippen molar-refractivity contribution in [2.45, 2.75) is 45.1 Å². The van der Waals surface area contributed by atoms with Gasteiger partial charge < -0.3 is 5.73 Å². The van der Waals surface area contributed by atoms with Crippen molar-refractivity contribution in [2.75, 3.05) is 5.73 Å². The average molecular weight is 232 g/mol. The van der Waals surface area contributed by atoms with Gasteiger partial charge in [-0.1, -0.05) is 19.3 Å². The molecule has 1 saturated carbocycles. The van der Waals surface area contributed by atoms with Gasteiger partial charge in [0, 0.05) is 6.04 Å². The predicted molar refractivity (Wildman–Crippen MR) is 64.5 cm³/mol. The number of anilines is 1. The molecule has 1 aliphatic carbocycles. The van der Waals surface area contributed by atoms with Gasteiger partial charge in [0.05, 0.1) is 5.69 Å². The van der Waals surface area contributed by atoms with E-state index in [1.54, 1.807) is 6.92 Å². The molecule has 1 fully saturated rings. The van der Waals surface area contributed by atoms with Crippen molar-refractivity contribution in [1.29, 1.82) is 5.26 Å². The summed E-state index contributed by atoms with van der Waals surface area (Å²) in [5.74, 6) is 0.275. The van der Waals surface area contributed by atoms with E-state index in [0.717, 1.165) is 25.7 Å². The van der Waals surface area contributed by atoms with E-state index in [1.165, 1.54) is 11.0 Å². The average Bonchev–Trinajstić information content (AvgIpc) is 2.30. The number of rotatable bonds is 1. The van der Waals surface area contributed by atoms with Gasteiger partial charge >= 0.3 is 5.69 Å². The van der Waals surface area contributed by atoms with Crippen LogP contribution >= 0.6 is 0 Å². The van der Waals surface area contributed by atoms with Gasteiger partial charge in [0.15, 0.2) is 0 Å². The maximum atomic E-state index is 11.9. The zero-order valence-corrected chi connectivity index (χ0v) is 9.94. The number of hydrogen-bond acceptors (Lipinski definition) is 4. The monoisotopic (exact) mass is 232 g/mol. The molecule has 0 unspecified atom stereocenters. The number of nitrogens with two attached hydrogens (primary N) is 1. The molecule has 17 heavy (non-hydrogen) atoms. The molecule has 2 rings (SSSR count). The fourth-order valence-corrected chi connectivity index (χ4v) is 2.49. The van der Waals surface area contributed by atoms with Crippen LogP contribution in [0.5, 0.6) is 0 Å². The molecule has 1 heterocycles. The first-order valence-corrected chi connectivity index (χ1v) is 5.94. The molecule has 0 aliphatic heterocycles. The summed E-state index contributed by atoms with van der Waals surface area (Å²) in [4.78, 5) is 15.8. The Kier molecular flexibility index (Phi) is 3.14. The van der Waals surface area contributed by atoms with Crippen molar-refractivity contribution < 1.29 is 0 Å². The molecule has 1 aromatic rings. The summed E-state index contributed by atoms with van der Waals surface area (Å²) in [5.41, 5.74) is 6.35. The van der Waals surface area contributed by atoms with E-state index in [9.17, 15) is 4.79 Å². The van der Waals surface area contributed by atoms with Crippen LogP contribution in [0, 0.1) is 18.3 Å². The number of hydrogen-bond donors (Lipinski definition) is 1. The number of aromatic nitrogens is 2. The minimum Gasteiger partial charge on any atom is -0.384 e. The van der Waals surface area contributed by atoms with E-state index < -0.39 is 0 Å². The second-order valence-corrected chi connectivity index (χ2v) is 4.51. The zero-order valence-electron chi connectivity index (χ0n) is 9.94. The maximum absolute atomic E-state index is 11.9. The Morgan fingerprint density at radius 3 is 2.65 bits per heavy atom. The third-order valence-corrected chi connectivity index (χ3v) is 3.40. The second kappa shape index (κ2) is 4.58. The van der Waals surface area contributed by atoms with Crippen molar-refractivity contribution in [3.05, 3.63) is 21.7 Å². The summed E-state index contributed by atoms with van der Waals surface area (Å²) < 4.78 is 1.50. The lowest BCUT2D eigenvalue weighted by Gasteiger charge is -2.25. The van der Waals surface area contributed by atoms with Crippen LogP contribution in [0.2, 0.25) is 0 Å². The molecular weight excluding hydrogens is 216 g/mol. The summed E-state index contributed by atoms with van der Waals surface area (Å²) in [6.07, 6.45) is 5.30. The molecule has 0 atom stereocenters. The second-order valence-electron chi connectivity index (χ2n) is 4.51. The molecule has 5 nitrogen and oxygen atoms in total. The van der Waals surface area contributed by atoms with Gasteiger partial charge in [-0.05, 0) is 19.8 Å². The van der Waals surface area contributed by atoms with Crippen molar-refractivity contribution in [2.24, 2.45) is 0 Å². The smallest absolute Gasteiger partial charge is 0.349 e. The summed E-state index contributed by atoms with van der Waals surface area (Å²) in [5, 5.41) is 9.03. The molecule has 5 heteroatoms. The van der Waals surface area contributed by atoms with Crippen molar-refractivity contribution in [3.8, 4) is 6.07 Å². The van der Waals surface area contributed by atoms with Gasteiger partial charge in [-0.3, -0.25) is 4.57 Å². The first-order chi connectivity index (χ1) is 8.15. The Morgan fingerprint density at radius 2 is 2.06 bits per heavy atom. The Labute approximate surface area is 99.9 Å². The van der Waals surface area contributed by atoms with E-state index in [-0.39, 0.29) is 17.5 Å². The molecule has 1 aliphatic rings. The Hall–Kier alpha value is -1.83. The van der Waals surface area contributed by atoms with Crippen LogP contribution in [0.1, 0.15) is 49.4 Å². The SMILES string of the molecule is Cc1nc(=O)n(C2CCCCC2)c(N)c1C#N. The fourth-order valence-electron chi connectivity index (χ4n) is 2.49. The lowest BCUT2D eigenvalue weighted by molar-refractivity contribution is 0.346. The highest BCUT2D eigenvalue weighted by atomic mass is 16.1. The molecule has 90 valence electrons. The normalized spacial score (nSPS) is 16.7. The predicted octanol–water partition coefficient (Wildman–Crippen LogP) is 1.51. The van der Waals surface area contributed by atoms with Crippen LogP contribution < -0.4 is 11.4 Å². The minimum atomic E-state index is -0.328. The summed E-state index contributed by atoms with van der Waals surface area (Å²) >= 11 is 0. The van der Waals surface area contributed by atoms with Crippen molar-refractivity contribution in [3.63, 3.8) is 0 Å². The van der Waals surface area contributed by atoms with Crippen LogP contribution in [0.4, 0.5) is 5.82 Å². The van der Waals surface area contributed by atoms with E-state index >= 15 is 0 Å². The summed E-state index contributed by atoms with van der Waals surface area (Å²) in [7, 11) is 0. The van der Waals surface area contributed by atoms with E-state index in [1.807, 2.05) is 6.07 Å². The van der Waals surface area contributed by atoms with Crippen LogP contribution in [0.3, 0.4) is 0 Å². The molecule has 2 N–H and O–H groups in total. The van der Waals surface area contributed by atoms with E-state index in [2.05, 4.69) is 4.98 Å².